The van der Waals surface area contributed by atoms with Gasteiger partial charge in [-0.15, -0.1) is 0 Å². The number of methoxy groups -OCH3 is 1. The summed E-state index contributed by atoms with van der Waals surface area (Å²) in [6.07, 6.45) is 6.09. The quantitative estimate of drug-likeness (QED) is 0.912. The molecule has 0 spiro atoms. The van der Waals surface area contributed by atoms with Crippen LogP contribution in [0.5, 0.6) is 0 Å². The van der Waals surface area contributed by atoms with E-state index in [-0.39, 0.29) is 0 Å². The Bertz CT molecular complexity index is 550. The predicted molar refractivity (Wildman–Crippen MR) is 77.9 cm³/mol. The van der Waals surface area contributed by atoms with E-state index in [1.807, 2.05) is 24.4 Å². The van der Waals surface area contributed by atoms with Crippen LogP contribution >= 0.6 is 0 Å². The zero-order valence-corrected chi connectivity index (χ0v) is 12.2. The molecular weight excluding hydrogens is 268 g/mol. The number of hydrogen-bond donors (Lipinski definition) is 1. The topological polar surface area (TPSA) is 73.1 Å². The molecule has 1 saturated carbocycles. The van der Waals surface area contributed by atoms with Gasteiger partial charge in [-0.25, -0.2) is 4.98 Å². The van der Waals surface area contributed by atoms with E-state index >= 15 is 0 Å². The van der Waals surface area contributed by atoms with E-state index in [1.54, 1.807) is 7.11 Å². The minimum absolute atomic E-state index is 0.366. The van der Waals surface area contributed by atoms with Crippen molar-refractivity contribution in [3.05, 3.63) is 36.1 Å². The Labute approximate surface area is 123 Å². The Morgan fingerprint density at radius 1 is 1.29 bits per heavy atom. The molecule has 2 aromatic heterocycles. The smallest absolute Gasteiger partial charge is 0.229 e. The molecule has 0 radical (unpaired) electrons. The van der Waals surface area contributed by atoms with Gasteiger partial charge in [0.05, 0.1) is 0 Å². The lowest BCUT2D eigenvalue weighted by Crippen LogP contribution is -2.25. The summed E-state index contributed by atoms with van der Waals surface area (Å²) in [5.41, 5.74) is 0. The number of anilines is 1. The van der Waals surface area contributed by atoms with Gasteiger partial charge in [0.2, 0.25) is 5.89 Å². The van der Waals surface area contributed by atoms with Crippen LogP contribution in [0, 0.1) is 0 Å². The van der Waals surface area contributed by atoms with Crippen molar-refractivity contribution in [3.63, 3.8) is 0 Å². The molecule has 3 rings (SSSR count). The summed E-state index contributed by atoms with van der Waals surface area (Å²) in [6, 6.07) is 6.39. The molecule has 1 fully saturated rings. The fourth-order valence-electron chi connectivity index (χ4n) is 2.76. The van der Waals surface area contributed by atoms with Gasteiger partial charge < -0.3 is 14.6 Å². The average molecular weight is 288 g/mol. The van der Waals surface area contributed by atoms with Gasteiger partial charge in [0.25, 0.3) is 0 Å². The molecular formula is C15H20N4O2. The van der Waals surface area contributed by atoms with Crippen LogP contribution in [0.15, 0.2) is 28.9 Å². The predicted octanol–water partition coefficient (Wildman–Crippen LogP) is 2.75. The number of ether oxygens (including phenoxy) is 1. The summed E-state index contributed by atoms with van der Waals surface area (Å²) >= 11 is 0. The van der Waals surface area contributed by atoms with E-state index in [4.69, 9.17) is 9.26 Å². The molecule has 1 N–H and O–H groups in total. The Morgan fingerprint density at radius 2 is 2.14 bits per heavy atom. The van der Waals surface area contributed by atoms with E-state index < -0.39 is 0 Å². The molecule has 0 aliphatic heterocycles. The lowest BCUT2D eigenvalue weighted by atomic mass is 9.86. The van der Waals surface area contributed by atoms with Gasteiger partial charge >= 0.3 is 0 Å². The molecule has 0 saturated heterocycles. The maximum Gasteiger partial charge on any atom is 0.229 e. The molecule has 2 heterocycles. The summed E-state index contributed by atoms with van der Waals surface area (Å²) in [6.45, 7) is 0.403. The van der Waals surface area contributed by atoms with Crippen molar-refractivity contribution in [3.8, 4) is 0 Å². The highest BCUT2D eigenvalue weighted by Gasteiger charge is 2.26. The summed E-state index contributed by atoms with van der Waals surface area (Å²) in [5, 5.41) is 7.41. The first-order chi connectivity index (χ1) is 10.3. The van der Waals surface area contributed by atoms with Crippen molar-refractivity contribution in [1.82, 2.24) is 15.1 Å². The minimum atomic E-state index is 0.366. The van der Waals surface area contributed by atoms with Crippen LogP contribution in [0.4, 0.5) is 5.82 Å². The first-order valence-corrected chi connectivity index (χ1v) is 7.34. The molecule has 6 nitrogen and oxygen atoms in total. The van der Waals surface area contributed by atoms with E-state index in [0.29, 0.717) is 24.4 Å². The zero-order valence-electron chi connectivity index (χ0n) is 12.2. The fraction of sp³-hybridized carbons (Fsp3) is 0.533. The lowest BCUT2D eigenvalue weighted by molar-refractivity contribution is 0.174. The van der Waals surface area contributed by atoms with Crippen LogP contribution in [0.3, 0.4) is 0 Å². The normalized spacial score (nSPS) is 22.1. The van der Waals surface area contributed by atoms with Crippen LogP contribution < -0.4 is 5.32 Å². The fourth-order valence-corrected chi connectivity index (χ4v) is 2.76. The molecule has 2 aromatic rings. The standard InChI is InChI=1S/C15H20N4O2/c1-20-10-14-18-15(21-19-14)11-5-7-12(8-6-11)17-13-4-2-3-9-16-13/h2-4,9,11-12H,5-8,10H2,1H3,(H,16,17). The van der Waals surface area contributed by atoms with Crippen LogP contribution in [0.1, 0.15) is 43.3 Å². The highest BCUT2D eigenvalue weighted by molar-refractivity contribution is 5.34. The molecule has 1 aliphatic rings. The summed E-state index contributed by atoms with van der Waals surface area (Å²) in [5.74, 6) is 2.69. The molecule has 0 aromatic carbocycles. The van der Waals surface area contributed by atoms with Crippen LogP contribution in [-0.4, -0.2) is 28.3 Å². The highest BCUT2D eigenvalue weighted by atomic mass is 16.5. The van der Waals surface area contributed by atoms with Gasteiger partial charge in [-0.05, 0) is 37.8 Å². The molecule has 0 atom stereocenters. The Hall–Kier alpha value is -1.95. The van der Waals surface area contributed by atoms with Crippen molar-refractivity contribution in [2.45, 2.75) is 44.2 Å². The van der Waals surface area contributed by atoms with Gasteiger partial charge in [0, 0.05) is 25.3 Å². The number of aromatic nitrogens is 3. The molecule has 1 aliphatic carbocycles. The van der Waals surface area contributed by atoms with Crippen molar-refractivity contribution in [2.24, 2.45) is 0 Å². The highest BCUT2D eigenvalue weighted by Crippen LogP contribution is 2.32. The van der Waals surface area contributed by atoms with E-state index in [0.717, 1.165) is 37.4 Å². The Balaban J connectivity index is 1.52. The number of rotatable bonds is 5. The first kappa shape index (κ1) is 14.0. The van der Waals surface area contributed by atoms with Gasteiger partial charge in [-0.1, -0.05) is 11.2 Å². The van der Waals surface area contributed by atoms with E-state index in [1.165, 1.54) is 0 Å². The zero-order chi connectivity index (χ0) is 14.5. The average Bonchev–Trinajstić information content (AvgIpc) is 2.98. The van der Waals surface area contributed by atoms with Gasteiger partial charge in [-0.3, -0.25) is 0 Å². The van der Waals surface area contributed by atoms with Crippen molar-refractivity contribution >= 4 is 5.82 Å². The maximum absolute atomic E-state index is 5.34. The molecule has 0 bridgehead atoms. The third-order valence-corrected chi connectivity index (χ3v) is 3.85. The molecule has 6 heteroatoms. The summed E-state index contributed by atoms with van der Waals surface area (Å²) in [4.78, 5) is 8.71. The monoisotopic (exact) mass is 288 g/mol. The first-order valence-electron chi connectivity index (χ1n) is 7.34. The van der Waals surface area contributed by atoms with Crippen LogP contribution in [0.2, 0.25) is 0 Å². The number of pyridine rings is 1. The van der Waals surface area contributed by atoms with Crippen LogP contribution in [0.25, 0.3) is 0 Å². The van der Waals surface area contributed by atoms with Crippen molar-refractivity contribution < 1.29 is 9.26 Å². The second kappa shape index (κ2) is 6.67. The molecule has 21 heavy (non-hydrogen) atoms. The third kappa shape index (κ3) is 3.58. The van der Waals surface area contributed by atoms with Gasteiger partial charge in [-0.2, -0.15) is 4.98 Å². The van der Waals surface area contributed by atoms with E-state index in [2.05, 4.69) is 20.4 Å². The molecule has 0 unspecified atom stereocenters. The van der Waals surface area contributed by atoms with E-state index in [9.17, 15) is 0 Å². The van der Waals surface area contributed by atoms with Gasteiger partial charge in [0.15, 0.2) is 5.82 Å². The van der Waals surface area contributed by atoms with Crippen molar-refractivity contribution in [1.29, 1.82) is 0 Å². The Morgan fingerprint density at radius 3 is 2.86 bits per heavy atom. The number of nitrogens with zero attached hydrogens (tertiary/aromatic N) is 3. The molecule has 112 valence electrons. The molecule has 0 amide bonds. The van der Waals surface area contributed by atoms with Gasteiger partial charge in [0.1, 0.15) is 12.4 Å². The van der Waals surface area contributed by atoms with Crippen molar-refractivity contribution in [2.75, 3.05) is 12.4 Å². The largest absolute Gasteiger partial charge is 0.377 e. The summed E-state index contributed by atoms with van der Waals surface area (Å²) < 4.78 is 10.3. The Kier molecular flexibility index (Phi) is 4.45. The second-order valence-electron chi connectivity index (χ2n) is 5.39. The third-order valence-electron chi connectivity index (χ3n) is 3.85. The SMILES string of the molecule is COCc1noc(C2CCC(Nc3ccccn3)CC2)n1. The number of nitrogens with one attached hydrogen (secondary N) is 1. The summed E-state index contributed by atoms with van der Waals surface area (Å²) in [7, 11) is 1.63. The number of hydrogen-bond acceptors (Lipinski definition) is 6. The minimum Gasteiger partial charge on any atom is -0.377 e. The maximum atomic E-state index is 5.34. The second-order valence-corrected chi connectivity index (χ2v) is 5.39. The van der Waals surface area contributed by atoms with Crippen LogP contribution in [-0.2, 0) is 11.3 Å². The lowest BCUT2D eigenvalue weighted by Gasteiger charge is -2.27.